The zero-order valence-electron chi connectivity index (χ0n) is 19.5. The van der Waals surface area contributed by atoms with Crippen LogP contribution in [0, 0.1) is 11.8 Å². The maximum Gasteiger partial charge on any atom is 0.268 e. The van der Waals surface area contributed by atoms with Crippen molar-refractivity contribution in [2.45, 2.75) is 25.9 Å². The highest BCUT2D eigenvalue weighted by Crippen LogP contribution is 2.48. The van der Waals surface area contributed by atoms with Crippen molar-refractivity contribution in [1.29, 1.82) is 0 Å². The number of likely N-dealkylation sites (N-methyl/N-ethyl adjacent to an activating group) is 1. The SMILES string of the molecule is CCN(CC)CCN1C(=O)C(O)(c2ccc3ccccc3c2)c2c(Cl)cc(C#CCCO)cc21. The molecular weight excluding hydrogens is 448 g/mol. The number of carbonyl (C=O) groups excluding carboxylic acids is 1. The highest BCUT2D eigenvalue weighted by Gasteiger charge is 2.52. The molecule has 3 aromatic carbocycles. The Bertz CT molecular complexity index is 1280. The number of hydrogen-bond donors (Lipinski definition) is 2. The van der Waals surface area contributed by atoms with Crippen LogP contribution >= 0.6 is 11.6 Å². The number of rotatable bonds is 7. The number of nitrogens with zero attached hydrogens (tertiary/aromatic N) is 2. The number of fused-ring (bicyclic) bond motifs is 2. The monoisotopic (exact) mass is 476 g/mol. The fraction of sp³-hybridized carbons (Fsp3) is 0.321. The van der Waals surface area contributed by atoms with Crippen LogP contribution < -0.4 is 4.90 Å². The Morgan fingerprint density at radius 2 is 1.79 bits per heavy atom. The van der Waals surface area contributed by atoms with Gasteiger partial charge in [0.05, 0.1) is 17.3 Å². The molecule has 4 rings (SSSR count). The number of hydrogen-bond acceptors (Lipinski definition) is 4. The van der Waals surface area contributed by atoms with E-state index >= 15 is 0 Å². The van der Waals surface area contributed by atoms with Crippen LogP contribution in [0.1, 0.15) is 37.0 Å². The number of amides is 1. The van der Waals surface area contributed by atoms with Gasteiger partial charge < -0.3 is 20.0 Å². The normalized spacial score (nSPS) is 17.2. The summed E-state index contributed by atoms with van der Waals surface area (Å²) in [5.74, 6) is 5.50. The van der Waals surface area contributed by atoms with E-state index < -0.39 is 11.5 Å². The van der Waals surface area contributed by atoms with Gasteiger partial charge in [-0.3, -0.25) is 4.79 Å². The fourth-order valence-electron chi connectivity index (χ4n) is 4.55. The van der Waals surface area contributed by atoms with Gasteiger partial charge in [-0.15, -0.1) is 0 Å². The Kier molecular flexibility index (Phi) is 7.25. The summed E-state index contributed by atoms with van der Waals surface area (Å²) in [4.78, 5) is 17.7. The number of benzene rings is 3. The van der Waals surface area contributed by atoms with Gasteiger partial charge in [0, 0.05) is 30.6 Å². The van der Waals surface area contributed by atoms with Gasteiger partial charge in [0.1, 0.15) is 0 Å². The van der Waals surface area contributed by atoms with Crippen molar-refractivity contribution >= 4 is 34.0 Å². The lowest BCUT2D eigenvalue weighted by Crippen LogP contribution is -2.44. The first-order valence-corrected chi connectivity index (χ1v) is 12.0. The molecule has 1 aliphatic heterocycles. The highest BCUT2D eigenvalue weighted by atomic mass is 35.5. The van der Waals surface area contributed by atoms with Gasteiger partial charge in [0.2, 0.25) is 0 Å². The molecular formula is C28H29ClN2O3. The molecule has 0 aliphatic carbocycles. The lowest BCUT2D eigenvalue weighted by molar-refractivity contribution is -0.132. The molecule has 6 heteroatoms. The smallest absolute Gasteiger partial charge is 0.268 e. The van der Waals surface area contributed by atoms with Crippen molar-refractivity contribution < 1.29 is 15.0 Å². The molecule has 34 heavy (non-hydrogen) atoms. The lowest BCUT2D eigenvalue weighted by Gasteiger charge is -2.26. The van der Waals surface area contributed by atoms with E-state index in [4.69, 9.17) is 16.7 Å². The van der Waals surface area contributed by atoms with Crippen molar-refractivity contribution in [2.75, 3.05) is 37.7 Å². The Hall–Kier alpha value is -2.88. The molecule has 0 fully saturated rings. The number of aliphatic hydroxyl groups is 2. The first kappa shape index (κ1) is 24.3. The summed E-state index contributed by atoms with van der Waals surface area (Å²) >= 11 is 6.72. The summed E-state index contributed by atoms with van der Waals surface area (Å²) in [5.41, 5.74) is 0.205. The van der Waals surface area contributed by atoms with Crippen molar-refractivity contribution in [3.63, 3.8) is 0 Å². The van der Waals surface area contributed by atoms with Gasteiger partial charge in [-0.05, 0) is 47.6 Å². The Labute approximate surface area is 205 Å². The number of anilines is 1. The minimum Gasteiger partial charge on any atom is -0.395 e. The molecule has 0 saturated carbocycles. The molecule has 5 nitrogen and oxygen atoms in total. The van der Waals surface area contributed by atoms with Gasteiger partial charge >= 0.3 is 0 Å². The molecule has 1 amide bonds. The first-order chi connectivity index (χ1) is 16.4. The quantitative estimate of drug-likeness (QED) is 0.503. The molecule has 176 valence electrons. The molecule has 1 atom stereocenters. The number of halogens is 1. The van der Waals surface area contributed by atoms with Crippen LogP contribution in [-0.4, -0.2) is 53.8 Å². The van der Waals surface area contributed by atoms with E-state index in [2.05, 4.69) is 30.6 Å². The van der Waals surface area contributed by atoms with Crippen LogP contribution in [-0.2, 0) is 10.4 Å². The van der Waals surface area contributed by atoms with Crippen LogP contribution in [0.4, 0.5) is 5.69 Å². The van der Waals surface area contributed by atoms with Crippen molar-refractivity contribution in [3.8, 4) is 11.8 Å². The second-order valence-corrected chi connectivity index (χ2v) is 8.79. The van der Waals surface area contributed by atoms with Crippen molar-refractivity contribution in [1.82, 2.24) is 4.90 Å². The van der Waals surface area contributed by atoms with E-state index in [-0.39, 0.29) is 6.61 Å². The summed E-state index contributed by atoms with van der Waals surface area (Å²) in [6, 6.07) is 16.9. The predicted octanol–water partition coefficient (Wildman–Crippen LogP) is 4.15. The number of carbonyl (C=O) groups is 1. The molecule has 0 saturated heterocycles. The Morgan fingerprint density at radius 3 is 2.50 bits per heavy atom. The minimum absolute atomic E-state index is 0.0259. The number of aliphatic hydroxyl groups excluding tert-OH is 1. The molecule has 2 N–H and O–H groups in total. The topological polar surface area (TPSA) is 64.0 Å². The van der Waals surface area contributed by atoms with E-state index in [9.17, 15) is 9.90 Å². The van der Waals surface area contributed by atoms with Gasteiger partial charge in [-0.1, -0.05) is 73.7 Å². The van der Waals surface area contributed by atoms with Crippen molar-refractivity contribution in [2.24, 2.45) is 0 Å². The average Bonchev–Trinajstić information content (AvgIpc) is 3.07. The fourth-order valence-corrected chi connectivity index (χ4v) is 4.90. The van der Waals surface area contributed by atoms with Crippen LogP contribution in [0.2, 0.25) is 5.02 Å². The molecule has 0 bridgehead atoms. The van der Waals surface area contributed by atoms with E-state index in [0.29, 0.717) is 46.9 Å². The third-order valence-electron chi connectivity index (χ3n) is 6.45. The average molecular weight is 477 g/mol. The van der Waals surface area contributed by atoms with Crippen LogP contribution in [0.25, 0.3) is 10.8 Å². The Morgan fingerprint density at radius 1 is 1.06 bits per heavy atom. The van der Waals surface area contributed by atoms with Gasteiger partial charge in [0.25, 0.3) is 5.91 Å². The maximum atomic E-state index is 13.9. The molecule has 1 unspecified atom stereocenters. The highest BCUT2D eigenvalue weighted by molar-refractivity contribution is 6.33. The molecule has 0 spiro atoms. The molecule has 1 aliphatic rings. The molecule has 0 aromatic heterocycles. The summed E-state index contributed by atoms with van der Waals surface area (Å²) in [7, 11) is 0. The van der Waals surface area contributed by atoms with Crippen LogP contribution in [0.15, 0.2) is 54.6 Å². The lowest BCUT2D eigenvalue weighted by atomic mass is 9.86. The second kappa shape index (κ2) is 10.2. The molecule has 1 heterocycles. The van der Waals surface area contributed by atoms with Crippen molar-refractivity contribution in [3.05, 3.63) is 76.3 Å². The maximum absolute atomic E-state index is 13.9. The zero-order chi connectivity index (χ0) is 24.3. The summed E-state index contributed by atoms with van der Waals surface area (Å²) in [6.07, 6.45) is 0.348. The molecule has 3 aromatic rings. The largest absolute Gasteiger partial charge is 0.395 e. The second-order valence-electron chi connectivity index (χ2n) is 8.38. The van der Waals surface area contributed by atoms with Gasteiger partial charge in [0.15, 0.2) is 5.60 Å². The van der Waals surface area contributed by atoms with E-state index in [0.717, 1.165) is 23.9 Å². The predicted molar refractivity (Wildman–Crippen MR) is 137 cm³/mol. The summed E-state index contributed by atoms with van der Waals surface area (Å²) in [5, 5.41) is 23.3. The van der Waals surface area contributed by atoms with Gasteiger partial charge in [-0.2, -0.15) is 0 Å². The minimum atomic E-state index is -1.89. The van der Waals surface area contributed by atoms with E-state index in [1.165, 1.54) is 0 Å². The standard InChI is InChI=1S/C28H29ClN2O3/c1-3-30(4-2)14-15-31-25-18-20(9-7-8-16-32)17-24(29)26(25)28(34,27(31)33)23-13-12-21-10-5-6-11-22(21)19-23/h5-6,10-13,17-19,32,34H,3-4,8,14-16H2,1-2H3. The third kappa shape index (κ3) is 4.31. The summed E-state index contributed by atoms with van der Waals surface area (Å²) < 4.78 is 0. The van der Waals surface area contributed by atoms with Crippen LogP contribution in [0.5, 0.6) is 0 Å². The summed E-state index contributed by atoms with van der Waals surface area (Å²) in [6.45, 7) is 6.97. The first-order valence-electron chi connectivity index (χ1n) is 11.6. The van der Waals surface area contributed by atoms with Crippen LogP contribution in [0.3, 0.4) is 0 Å². The van der Waals surface area contributed by atoms with E-state index in [1.807, 2.05) is 42.5 Å². The third-order valence-corrected chi connectivity index (χ3v) is 6.75. The Balaban J connectivity index is 1.85. The van der Waals surface area contributed by atoms with E-state index in [1.54, 1.807) is 17.0 Å². The molecule has 0 radical (unpaired) electrons. The van der Waals surface area contributed by atoms with Gasteiger partial charge in [-0.25, -0.2) is 0 Å². The zero-order valence-corrected chi connectivity index (χ0v) is 20.3.